The highest BCUT2D eigenvalue weighted by Crippen LogP contribution is 2.52. The molecular formula is C21H24N4O6S2. The van der Waals surface area contributed by atoms with Gasteiger partial charge in [-0.2, -0.15) is 0 Å². The number of carboxylic acids is 1. The average molecular weight is 493 g/mol. The molecule has 2 fully saturated rings. The smallest absolute Gasteiger partial charge is 0.353 e. The van der Waals surface area contributed by atoms with Crippen LogP contribution in [0.4, 0.5) is 5.13 Å². The first kappa shape index (κ1) is 22.1. The number of hydrogen-bond donors (Lipinski definition) is 4. The Balaban J connectivity index is 1.24. The highest BCUT2D eigenvalue weighted by molar-refractivity contribution is 8.03. The third-order valence-electron chi connectivity index (χ3n) is 6.52. The molecule has 2 aromatic heterocycles. The Morgan fingerprint density at radius 2 is 1.97 bits per heavy atom. The summed E-state index contributed by atoms with van der Waals surface area (Å²) < 4.78 is 1.36. The molecule has 3 aliphatic rings. The van der Waals surface area contributed by atoms with Crippen molar-refractivity contribution in [3.63, 3.8) is 0 Å². The lowest BCUT2D eigenvalue weighted by Crippen LogP contribution is -2.63. The zero-order chi connectivity index (χ0) is 23.6. The molecule has 4 atom stereocenters. The quantitative estimate of drug-likeness (QED) is 0.423. The number of aliphatic carboxylic acids is 1. The number of aliphatic hydroxyl groups is 1. The number of amides is 1. The summed E-state index contributed by atoms with van der Waals surface area (Å²) in [7, 11) is 0. The van der Waals surface area contributed by atoms with Gasteiger partial charge in [-0.15, -0.1) is 23.1 Å². The highest BCUT2D eigenvalue weighted by atomic mass is 32.2. The van der Waals surface area contributed by atoms with E-state index in [2.05, 4.69) is 9.88 Å². The van der Waals surface area contributed by atoms with Crippen LogP contribution in [0.1, 0.15) is 19.5 Å². The summed E-state index contributed by atoms with van der Waals surface area (Å²) in [5.41, 5.74) is 0.779. The second kappa shape index (κ2) is 7.96. The molecule has 0 aliphatic carbocycles. The van der Waals surface area contributed by atoms with Gasteiger partial charge in [-0.25, -0.2) is 9.78 Å². The van der Waals surface area contributed by atoms with E-state index in [0.717, 1.165) is 10.8 Å². The number of aliphatic hydroxyl groups excluding tert-OH is 1. The number of carbonyl (C=O) groups is 2. The van der Waals surface area contributed by atoms with Crippen molar-refractivity contribution in [3.8, 4) is 11.8 Å². The van der Waals surface area contributed by atoms with Crippen molar-refractivity contribution in [1.82, 2.24) is 14.5 Å². The molecular weight excluding hydrogens is 468 g/mol. The van der Waals surface area contributed by atoms with Gasteiger partial charge in [0, 0.05) is 46.7 Å². The summed E-state index contributed by atoms with van der Waals surface area (Å²) >= 11 is 2.98. The van der Waals surface area contributed by atoms with E-state index in [0.29, 0.717) is 18.0 Å². The van der Waals surface area contributed by atoms with Crippen molar-refractivity contribution in [2.45, 2.75) is 37.8 Å². The van der Waals surface area contributed by atoms with Crippen molar-refractivity contribution >= 4 is 40.1 Å². The number of rotatable bonds is 7. The predicted octanol–water partition coefficient (Wildman–Crippen LogP) is 1.48. The molecule has 0 aromatic carbocycles. The van der Waals surface area contributed by atoms with Crippen LogP contribution in [0.3, 0.4) is 0 Å². The summed E-state index contributed by atoms with van der Waals surface area (Å²) in [5, 5.41) is 42.2. The highest BCUT2D eigenvalue weighted by Gasteiger charge is 2.60. The van der Waals surface area contributed by atoms with E-state index in [9.17, 15) is 30.0 Å². The number of β-lactam (4-membered cyclic amide) rings is 1. The molecule has 2 aromatic rings. The number of hydrogen-bond acceptors (Lipinski definition) is 9. The van der Waals surface area contributed by atoms with E-state index in [1.165, 1.54) is 44.7 Å². The summed E-state index contributed by atoms with van der Waals surface area (Å²) in [6, 6.07) is 2.54. The van der Waals surface area contributed by atoms with E-state index in [1.807, 2.05) is 12.3 Å². The van der Waals surface area contributed by atoms with Crippen molar-refractivity contribution in [2.24, 2.45) is 11.8 Å². The molecule has 5 heterocycles. The second-order valence-electron chi connectivity index (χ2n) is 8.67. The Hall–Kier alpha value is -2.70. The van der Waals surface area contributed by atoms with Gasteiger partial charge in [-0.1, -0.05) is 6.92 Å². The third kappa shape index (κ3) is 3.47. The Kier molecular flexibility index (Phi) is 5.33. The van der Waals surface area contributed by atoms with Gasteiger partial charge in [-0.05, 0) is 6.92 Å². The molecule has 33 heavy (non-hydrogen) atoms. The summed E-state index contributed by atoms with van der Waals surface area (Å²) in [6.45, 7) is 5.14. The van der Waals surface area contributed by atoms with Crippen molar-refractivity contribution in [1.29, 1.82) is 0 Å². The summed E-state index contributed by atoms with van der Waals surface area (Å²) in [5.74, 6) is -2.19. The maximum Gasteiger partial charge on any atom is 0.353 e. The van der Waals surface area contributed by atoms with Gasteiger partial charge in [0.25, 0.3) is 0 Å². The number of aromatic nitrogens is 2. The predicted molar refractivity (Wildman–Crippen MR) is 122 cm³/mol. The number of thioether (sulfide) groups is 1. The SMILES string of the molecule is C[C@@H](O)[C@H]1C(=O)N2C(C(=O)O)=C(SC3CN(c4nc(Cn5c(O)ccc5O)cs4)C3)[C@H](C)[C@H]12. The largest absolute Gasteiger partial charge is 0.494 e. The topological polar surface area (TPSA) is 139 Å². The fourth-order valence-electron chi connectivity index (χ4n) is 4.81. The van der Waals surface area contributed by atoms with Gasteiger partial charge in [-0.3, -0.25) is 9.36 Å². The number of fused-ring (bicyclic) bond motifs is 1. The number of carbonyl (C=O) groups excluding carboxylic acids is 1. The van der Waals surface area contributed by atoms with Crippen LogP contribution in [-0.2, 0) is 16.1 Å². The van der Waals surface area contributed by atoms with Gasteiger partial charge >= 0.3 is 5.97 Å². The number of aromatic hydroxyl groups is 2. The minimum atomic E-state index is -1.11. The lowest BCUT2D eigenvalue weighted by atomic mass is 9.79. The minimum Gasteiger partial charge on any atom is -0.494 e. The third-order valence-corrected chi connectivity index (χ3v) is 8.92. The van der Waals surface area contributed by atoms with Crippen LogP contribution < -0.4 is 4.90 Å². The molecule has 1 amide bonds. The summed E-state index contributed by atoms with van der Waals surface area (Å²) in [4.78, 5) is 33.1. The molecule has 0 unspecified atom stereocenters. The molecule has 0 bridgehead atoms. The molecule has 0 saturated carbocycles. The molecule has 5 rings (SSSR count). The molecule has 10 nitrogen and oxygen atoms in total. The first-order valence-corrected chi connectivity index (χ1v) is 12.3. The second-order valence-corrected chi connectivity index (χ2v) is 10.9. The molecule has 0 spiro atoms. The van der Waals surface area contributed by atoms with E-state index in [4.69, 9.17) is 0 Å². The summed E-state index contributed by atoms with van der Waals surface area (Å²) in [6.07, 6.45) is -0.811. The average Bonchev–Trinajstić information content (AvgIpc) is 3.36. The lowest BCUT2D eigenvalue weighted by molar-refractivity contribution is -0.163. The van der Waals surface area contributed by atoms with Crippen LogP contribution in [0.5, 0.6) is 11.8 Å². The van der Waals surface area contributed by atoms with E-state index >= 15 is 0 Å². The minimum absolute atomic E-state index is 0.0309. The molecule has 12 heteroatoms. The van der Waals surface area contributed by atoms with E-state index in [1.54, 1.807) is 6.92 Å². The molecule has 2 saturated heterocycles. The number of anilines is 1. The van der Waals surface area contributed by atoms with E-state index < -0.39 is 18.0 Å². The molecule has 4 N–H and O–H groups in total. The van der Waals surface area contributed by atoms with Crippen molar-refractivity contribution < 1.29 is 30.0 Å². The van der Waals surface area contributed by atoms with Crippen molar-refractivity contribution in [2.75, 3.05) is 18.0 Å². The zero-order valence-electron chi connectivity index (χ0n) is 18.0. The number of nitrogens with zero attached hydrogens (tertiary/aromatic N) is 4. The first-order valence-electron chi connectivity index (χ1n) is 10.6. The lowest BCUT2D eigenvalue weighted by Gasteiger charge is -2.46. The number of thiazole rings is 1. The standard InChI is InChI=1S/C21H24N4O6S2/c1-9-16-15(10(2)26)19(29)25(16)17(20(30)31)18(9)33-12-6-23(7-12)21-22-11(8-32-21)5-24-13(27)3-4-14(24)28/h3-4,8-10,12,15-16,26-28H,5-7H2,1-2H3,(H,30,31)/t9-,10-,15-,16-/m1/s1. The van der Waals surface area contributed by atoms with Gasteiger partial charge in [0.1, 0.15) is 5.70 Å². The van der Waals surface area contributed by atoms with Crippen molar-refractivity contribution in [3.05, 3.63) is 33.8 Å². The number of carboxylic acid groups (broad SMARTS) is 1. The maximum absolute atomic E-state index is 12.5. The Labute approximate surface area is 197 Å². The Bertz CT molecular complexity index is 1130. The van der Waals surface area contributed by atoms with Crippen LogP contribution in [0.25, 0.3) is 0 Å². The van der Waals surface area contributed by atoms with Crippen LogP contribution in [0.15, 0.2) is 28.1 Å². The van der Waals surface area contributed by atoms with Gasteiger partial charge in [0.15, 0.2) is 16.9 Å². The first-order chi connectivity index (χ1) is 15.7. The molecule has 3 aliphatic heterocycles. The van der Waals surface area contributed by atoms with Gasteiger partial charge in [0.2, 0.25) is 5.91 Å². The zero-order valence-corrected chi connectivity index (χ0v) is 19.6. The molecule has 176 valence electrons. The van der Waals surface area contributed by atoms with Crippen LogP contribution in [0.2, 0.25) is 0 Å². The van der Waals surface area contributed by atoms with Crippen LogP contribution >= 0.6 is 23.1 Å². The van der Waals surface area contributed by atoms with Crippen LogP contribution in [-0.4, -0.2) is 77.2 Å². The fraction of sp³-hybridized carbons (Fsp3) is 0.476. The Morgan fingerprint density at radius 3 is 2.58 bits per heavy atom. The van der Waals surface area contributed by atoms with Gasteiger partial charge < -0.3 is 30.2 Å². The van der Waals surface area contributed by atoms with Crippen LogP contribution in [0, 0.1) is 11.8 Å². The maximum atomic E-state index is 12.5. The monoisotopic (exact) mass is 492 g/mol. The normalized spacial score (nSPS) is 25.8. The fourth-order valence-corrected chi connectivity index (χ4v) is 7.17. The van der Waals surface area contributed by atoms with Gasteiger partial charge in [0.05, 0.1) is 30.3 Å². The van der Waals surface area contributed by atoms with E-state index in [-0.39, 0.29) is 47.1 Å². The Morgan fingerprint density at radius 1 is 1.30 bits per heavy atom. The molecule has 0 radical (unpaired) electrons.